The number of hydrogen-bond acceptors (Lipinski definition) is 0. The summed E-state index contributed by atoms with van der Waals surface area (Å²) >= 11 is 0. The number of halogens is 3. The Labute approximate surface area is 45.7 Å². The predicted octanol–water partition coefficient (Wildman–Crippen LogP) is 2.00. The zero-order chi connectivity index (χ0) is 6.20. The molecule has 0 radical (unpaired) electrons. The summed E-state index contributed by atoms with van der Waals surface area (Å²) in [6.07, 6.45) is 0.994. The van der Waals surface area contributed by atoms with Gasteiger partial charge in [-0.3, -0.25) is 0 Å². The molecule has 0 saturated heterocycles. The first-order valence-corrected chi connectivity index (χ1v) is 2.60. The van der Waals surface area contributed by atoms with Crippen LogP contribution in [0.2, 0.25) is 0 Å². The van der Waals surface area contributed by atoms with Crippen LogP contribution >= 0.6 is 0 Å². The predicted molar refractivity (Wildman–Crippen MR) is 23.6 cm³/mol. The van der Waals surface area contributed by atoms with Gasteiger partial charge >= 0.3 is 0 Å². The van der Waals surface area contributed by atoms with Crippen LogP contribution in [0.5, 0.6) is 0 Å². The molecular formula is C5H7F3. The second-order valence-electron chi connectivity index (χ2n) is 2.17. The Bertz CT molecular complexity index is 85.7. The van der Waals surface area contributed by atoms with Crippen molar-refractivity contribution in [1.29, 1.82) is 0 Å². The molecule has 0 nitrogen and oxygen atoms in total. The zero-order valence-electron chi connectivity index (χ0n) is 4.33. The Morgan fingerprint density at radius 2 is 1.88 bits per heavy atom. The van der Waals surface area contributed by atoms with Gasteiger partial charge in [0.2, 0.25) is 0 Å². The van der Waals surface area contributed by atoms with Crippen molar-refractivity contribution >= 4 is 0 Å². The maximum Gasteiger partial charge on any atom is 0.278 e. The highest BCUT2D eigenvalue weighted by Gasteiger charge is 2.46. The Hall–Kier alpha value is -0.210. The van der Waals surface area contributed by atoms with Gasteiger partial charge in [-0.1, -0.05) is 0 Å². The highest BCUT2D eigenvalue weighted by atomic mass is 19.3. The third-order valence-corrected chi connectivity index (χ3v) is 1.35. The average molecular weight is 124 g/mol. The van der Waals surface area contributed by atoms with Crippen LogP contribution in [0.25, 0.3) is 0 Å². The molecule has 0 aromatic rings. The SMILES string of the molecule is FCC(F)(F)C1CC1. The number of alkyl halides is 3. The summed E-state index contributed by atoms with van der Waals surface area (Å²) in [5.41, 5.74) is 0. The second kappa shape index (κ2) is 1.64. The first-order valence-electron chi connectivity index (χ1n) is 2.60. The van der Waals surface area contributed by atoms with Gasteiger partial charge in [0.15, 0.2) is 6.67 Å². The van der Waals surface area contributed by atoms with Gasteiger partial charge in [0.25, 0.3) is 5.92 Å². The minimum absolute atomic E-state index is 0.497. The van der Waals surface area contributed by atoms with Crippen molar-refractivity contribution in [2.75, 3.05) is 6.67 Å². The maximum absolute atomic E-state index is 12.0. The molecule has 0 aromatic heterocycles. The van der Waals surface area contributed by atoms with E-state index < -0.39 is 18.5 Å². The van der Waals surface area contributed by atoms with Gasteiger partial charge in [0.1, 0.15) is 0 Å². The smallest absolute Gasteiger partial charge is 0.244 e. The molecule has 0 amide bonds. The normalized spacial score (nSPS) is 21.4. The molecule has 8 heavy (non-hydrogen) atoms. The third-order valence-electron chi connectivity index (χ3n) is 1.35. The van der Waals surface area contributed by atoms with Gasteiger partial charge in [-0.2, -0.15) is 0 Å². The van der Waals surface area contributed by atoms with E-state index in [-0.39, 0.29) is 0 Å². The lowest BCUT2D eigenvalue weighted by atomic mass is 10.2. The standard InChI is InChI=1S/C5H7F3/c6-3-5(7,8)4-1-2-4/h4H,1-3H2. The molecule has 0 aliphatic heterocycles. The van der Waals surface area contributed by atoms with E-state index in [1.807, 2.05) is 0 Å². The van der Waals surface area contributed by atoms with Crippen molar-refractivity contribution in [3.8, 4) is 0 Å². The van der Waals surface area contributed by atoms with E-state index in [1.165, 1.54) is 0 Å². The Kier molecular flexibility index (Phi) is 1.21. The Balaban J connectivity index is 2.37. The summed E-state index contributed by atoms with van der Waals surface area (Å²) in [6, 6.07) is 0. The van der Waals surface area contributed by atoms with E-state index in [0.717, 1.165) is 0 Å². The van der Waals surface area contributed by atoms with Crippen molar-refractivity contribution in [2.45, 2.75) is 18.8 Å². The summed E-state index contributed by atoms with van der Waals surface area (Å²) in [5, 5.41) is 0. The van der Waals surface area contributed by atoms with Gasteiger partial charge in [0.05, 0.1) is 0 Å². The van der Waals surface area contributed by atoms with E-state index in [9.17, 15) is 13.2 Å². The van der Waals surface area contributed by atoms with Crippen LogP contribution in [0.4, 0.5) is 13.2 Å². The summed E-state index contributed by atoms with van der Waals surface area (Å²) in [4.78, 5) is 0. The van der Waals surface area contributed by atoms with Crippen LogP contribution < -0.4 is 0 Å². The summed E-state index contributed by atoms with van der Waals surface area (Å²) in [6.45, 7) is -1.49. The lowest BCUT2D eigenvalue weighted by Crippen LogP contribution is -2.20. The molecule has 1 saturated carbocycles. The Morgan fingerprint density at radius 3 is 2.00 bits per heavy atom. The summed E-state index contributed by atoms with van der Waals surface area (Å²) < 4.78 is 35.2. The molecule has 1 aliphatic rings. The van der Waals surface area contributed by atoms with E-state index >= 15 is 0 Å². The molecule has 3 heteroatoms. The van der Waals surface area contributed by atoms with Crippen LogP contribution in [0.1, 0.15) is 12.8 Å². The first-order chi connectivity index (χ1) is 3.67. The molecule has 0 atom stereocenters. The van der Waals surface area contributed by atoms with Crippen LogP contribution in [0, 0.1) is 5.92 Å². The van der Waals surface area contributed by atoms with Crippen molar-refractivity contribution in [2.24, 2.45) is 5.92 Å². The lowest BCUT2D eigenvalue weighted by Gasteiger charge is -2.08. The lowest BCUT2D eigenvalue weighted by molar-refractivity contribution is -0.0434. The molecule has 1 fully saturated rings. The van der Waals surface area contributed by atoms with E-state index in [1.54, 1.807) is 0 Å². The molecule has 0 N–H and O–H groups in total. The molecule has 48 valence electrons. The quantitative estimate of drug-likeness (QED) is 0.528. The van der Waals surface area contributed by atoms with Crippen LogP contribution in [0.15, 0.2) is 0 Å². The van der Waals surface area contributed by atoms with E-state index in [4.69, 9.17) is 0 Å². The minimum Gasteiger partial charge on any atom is -0.244 e. The van der Waals surface area contributed by atoms with Crippen molar-refractivity contribution < 1.29 is 13.2 Å². The fraction of sp³-hybridized carbons (Fsp3) is 1.00. The summed E-state index contributed by atoms with van der Waals surface area (Å²) in [7, 11) is 0. The molecule has 0 bridgehead atoms. The second-order valence-corrected chi connectivity index (χ2v) is 2.17. The monoisotopic (exact) mass is 124 g/mol. The van der Waals surface area contributed by atoms with Crippen molar-refractivity contribution in [3.05, 3.63) is 0 Å². The van der Waals surface area contributed by atoms with E-state index in [0.29, 0.717) is 12.8 Å². The molecule has 1 rings (SSSR count). The number of hydrogen-bond donors (Lipinski definition) is 0. The van der Waals surface area contributed by atoms with Gasteiger partial charge in [0, 0.05) is 5.92 Å². The average Bonchev–Trinajstić information content (AvgIpc) is 2.44. The topological polar surface area (TPSA) is 0 Å². The number of rotatable bonds is 2. The molecule has 0 spiro atoms. The van der Waals surface area contributed by atoms with Crippen LogP contribution in [-0.4, -0.2) is 12.6 Å². The highest BCUT2D eigenvalue weighted by molar-refractivity contribution is 4.86. The molecule has 0 aromatic carbocycles. The summed E-state index contributed by atoms with van der Waals surface area (Å²) in [5.74, 6) is -3.66. The molecule has 0 heterocycles. The van der Waals surface area contributed by atoms with Gasteiger partial charge < -0.3 is 0 Å². The zero-order valence-corrected chi connectivity index (χ0v) is 4.33. The van der Waals surface area contributed by atoms with Crippen LogP contribution in [0.3, 0.4) is 0 Å². The van der Waals surface area contributed by atoms with Crippen molar-refractivity contribution in [3.63, 3.8) is 0 Å². The third kappa shape index (κ3) is 0.956. The first kappa shape index (κ1) is 5.92. The van der Waals surface area contributed by atoms with Crippen molar-refractivity contribution in [1.82, 2.24) is 0 Å². The molecule has 1 aliphatic carbocycles. The minimum atomic E-state index is -3.01. The van der Waals surface area contributed by atoms with Gasteiger partial charge in [-0.25, -0.2) is 13.2 Å². The fourth-order valence-corrected chi connectivity index (χ4v) is 0.615. The fourth-order valence-electron chi connectivity index (χ4n) is 0.615. The van der Waals surface area contributed by atoms with Gasteiger partial charge in [-0.05, 0) is 12.8 Å². The van der Waals surface area contributed by atoms with Crippen LogP contribution in [-0.2, 0) is 0 Å². The maximum atomic E-state index is 12.0. The Morgan fingerprint density at radius 1 is 1.38 bits per heavy atom. The largest absolute Gasteiger partial charge is 0.278 e. The van der Waals surface area contributed by atoms with Gasteiger partial charge in [-0.15, -0.1) is 0 Å². The molecular weight excluding hydrogens is 117 g/mol. The highest BCUT2D eigenvalue weighted by Crippen LogP contribution is 2.43. The van der Waals surface area contributed by atoms with E-state index in [2.05, 4.69) is 0 Å². The molecule has 0 unspecified atom stereocenters.